The van der Waals surface area contributed by atoms with Crippen molar-refractivity contribution < 1.29 is 4.74 Å². The predicted molar refractivity (Wildman–Crippen MR) is 117 cm³/mol. The highest BCUT2D eigenvalue weighted by atomic mass is 16.5. The molecule has 10 heteroatoms. The van der Waals surface area contributed by atoms with Gasteiger partial charge in [0.2, 0.25) is 5.95 Å². The molecule has 6 rings (SSSR count). The molecule has 0 unspecified atom stereocenters. The van der Waals surface area contributed by atoms with E-state index in [9.17, 15) is 0 Å². The van der Waals surface area contributed by atoms with E-state index >= 15 is 0 Å². The van der Waals surface area contributed by atoms with E-state index in [0.29, 0.717) is 17.8 Å². The third kappa shape index (κ3) is 3.10. The van der Waals surface area contributed by atoms with Crippen LogP contribution in [0.5, 0.6) is 0 Å². The fourth-order valence-electron chi connectivity index (χ4n) is 4.61. The van der Waals surface area contributed by atoms with Crippen LogP contribution >= 0.6 is 0 Å². The predicted octanol–water partition coefficient (Wildman–Crippen LogP) is 1.69. The molecule has 0 aliphatic carbocycles. The van der Waals surface area contributed by atoms with Crippen molar-refractivity contribution in [1.82, 2.24) is 34.1 Å². The van der Waals surface area contributed by atoms with Crippen LogP contribution in [0, 0.1) is 0 Å². The summed E-state index contributed by atoms with van der Waals surface area (Å²) in [4.78, 5) is 11.8. The normalized spacial score (nSPS) is 19.6. The molecule has 0 aromatic carbocycles. The van der Waals surface area contributed by atoms with Gasteiger partial charge in [0.1, 0.15) is 5.52 Å². The van der Waals surface area contributed by atoms with Gasteiger partial charge in [-0.3, -0.25) is 4.90 Å². The highest BCUT2D eigenvalue weighted by molar-refractivity contribution is 5.86. The standard InChI is InChI=1S/C21H25N9O/c1-21(12-31-13-21)28-8-3-14(4-9-28)24-20-26-19(22)18-15(5-10-30(18)27-20)16-6-11-29-17(25-16)2-7-23-29/h2,5-7,10-11,14H,3-4,8-9,12-13H2,1H3,(H3,22,24,26,27). The minimum absolute atomic E-state index is 0.209. The Kier molecular flexibility index (Phi) is 4.12. The molecule has 10 nitrogen and oxygen atoms in total. The third-order valence-corrected chi connectivity index (χ3v) is 6.49. The maximum absolute atomic E-state index is 6.36. The fourth-order valence-corrected chi connectivity index (χ4v) is 4.61. The highest BCUT2D eigenvalue weighted by Crippen LogP contribution is 2.30. The largest absolute Gasteiger partial charge is 0.382 e. The second-order valence-electron chi connectivity index (χ2n) is 8.69. The maximum Gasteiger partial charge on any atom is 0.243 e. The van der Waals surface area contributed by atoms with Crippen LogP contribution in [0.4, 0.5) is 11.8 Å². The Morgan fingerprint density at radius 2 is 1.90 bits per heavy atom. The number of aromatic nitrogens is 6. The van der Waals surface area contributed by atoms with Crippen LogP contribution in [-0.4, -0.2) is 72.0 Å². The third-order valence-electron chi connectivity index (χ3n) is 6.49. The maximum atomic E-state index is 6.36. The molecule has 0 saturated carbocycles. The lowest BCUT2D eigenvalue weighted by Gasteiger charge is -2.49. The number of ether oxygens (including phenoxy) is 1. The van der Waals surface area contributed by atoms with Crippen LogP contribution in [0.3, 0.4) is 0 Å². The van der Waals surface area contributed by atoms with E-state index in [-0.39, 0.29) is 5.54 Å². The molecular formula is C21H25N9O. The van der Waals surface area contributed by atoms with Crippen LogP contribution < -0.4 is 11.1 Å². The zero-order valence-corrected chi connectivity index (χ0v) is 17.4. The molecule has 0 atom stereocenters. The van der Waals surface area contributed by atoms with E-state index in [2.05, 4.69) is 37.3 Å². The summed E-state index contributed by atoms with van der Waals surface area (Å²) in [5.41, 5.74) is 9.82. The molecule has 160 valence electrons. The van der Waals surface area contributed by atoms with Gasteiger partial charge in [-0.15, -0.1) is 5.10 Å². The van der Waals surface area contributed by atoms with Crippen molar-refractivity contribution in [3.05, 3.63) is 36.8 Å². The number of hydrogen-bond donors (Lipinski definition) is 2. The van der Waals surface area contributed by atoms with Gasteiger partial charge >= 0.3 is 0 Å². The van der Waals surface area contributed by atoms with Gasteiger partial charge < -0.3 is 15.8 Å². The Balaban J connectivity index is 1.22. The molecule has 4 aromatic rings. The van der Waals surface area contributed by atoms with Gasteiger partial charge in [-0.1, -0.05) is 0 Å². The van der Waals surface area contributed by atoms with Gasteiger partial charge in [0.15, 0.2) is 11.5 Å². The number of nitrogen functional groups attached to an aromatic ring is 1. The first-order valence-electron chi connectivity index (χ1n) is 10.6. The first-order valence-corrected chi connectivity index (χ1v) is 10.6. The number of fused-ring (bicyclic) bond motifs is 2. The number of likely N-dealkylation sites (tertiary alicyclic amines) is 1. The Morgan fingerprint density at radius 3 is 2.68 bits per heavy atom. The second kappa shape index (κ2) is 6.89. The molecule has 0 amide bonds. The summed E-state index contributed by atoms with van der Waals surface area (Å²) in [6.45, 7) is 6.04. The molecule has 6 heterocycles. The van der Waals surface area contributed by atoms with Crippen molar-refractivity contribution >= 4 is 22.9 Å². The summed E-state index contributed by atoms with van der Waals surface area (Å²) >= 11 is 0. The van der Waals surface area contributed by atoms with E-state index in [4.69, 9.17) is 10.5 Å². The Labute approximate surface area is 179 Å². The van der Waals surface area contributed by atoms with E-state index in [0.717, 1.165) is 61.6 Å². The van der Waals surface area contributed by atoms with Gasteiger partial charge in [-0.05, 0) is 31.9 Å². The number of piperidine rings is 1. The zero-order chi connectivity index (χ0) is 21.0. The van der Waals surface area contributed by atoms with E-state index in [1.807, 2.05) is 30.6 Å². The Bertz CT molecular complexity index is 1250. The van der Waals surface area contributed by atoms with Crippen LogP contribution in [0.2, 0.25) is 0 Å². The van der Waals surface area contributed by atoms with Crippen LogP contribution in [0.25, 0.3) is 22.4 Å². The van der Waals surface area contributed by atoms with Gasteiger partial charge in [-0.25, -0.2) is 14.0 Å². The summed E-state index contributed by atoms with van der Waals surface area (Å²) in [5, 5.41) is 12.3. The van der Waals surface area contributed by atoms with Crippen molar-refractivity contribution in [2.45, 2.75) is 31.3 Å². The van der Waals surface area contributed by atoms with Gasteiger partial charge in [0, 0.05) is 43.2 Å². The summed E-state index contributed by atoms with van der Waals surface area (Å²) in [5.74, 6) is 0.993. The van der Waals surface area contributed by atoms with Crippen molar-refractivity contribution in [3.63, 3.8) is 0 Å². The molecule has 2 fully saturated rings. The number of anilines is 2. The average Bonchev–Trinajstić information content (AvgIpc) is 3.39. The topological polar surface area (TPSA) is 111 Å². The zero-order valence-electron chi connectivity index (χ0n) is 17.4. The van der Waals surface area contributed by atoms with Crippen molar-refractivity contribution in [3.8, 4) is 11.3 Å². The summed E-state index contributed by atoms with van der Waals surface area (Å²) in [6, 6.07) is 6.09. The molecule has 0 radical (unpaired) electrons. The summed E-state index contributed by atoms with van der Waals surface area (Å²) in [7, 11) is 0. The van der Waals surface area contributed by atoms with E-state index < -0.39 is 0 Å². The summed E-state index contributed by atoms with van der Waals surface area (Å²) < 4.78 is 8.93. The average molecular weight is 419 g/mol. The quantitative estimate of drug-likeness (QED) is 0.514. The smallest absolute Gasteiger partial charge is 0.243 e. The Hall–Kier alpha value is -3.24. The number of nitrogens with one attached hydrogen (secondary N) is 1. The molecule has 4 aromatic heterocycles. The van der Waals surface area contributed by atoms with Crippen LogP contribution in [0.1, 0.15) is 19.8 Å². The monoisotopic (exact) mass is 419 g/mol. The van der Waals surface area contributed by atoms with Crippen LogP contribution in [0.15, 0.2) is 36.8 Å². The molecule has 2 aliphatic heterocycles. The SMILES string of the molecule is CC1(N2CCC(Nc3nc(N)c4c(-c5ccn6nccc6n5)ccn4n3)CC2)COC1. The molecule has 3 N–H and O–H groups in total. The minimum atomic E-state index is 0.209. The number of rotatable bonds is 4. The molecule has 2 aliphatic rings. The van der Waals surface area contributed by atoms with Gasteiger partial charge in [-0.2, -0.15) is 10.1 Å². The first kappa shape index (κ1) is 18.5. The number of nitrogens with zero attached hydrogens (tertiary/aromatic N) is 7. The Morgan fingerprint density at radius 1 is 1.10 bits per heavy atom. The highest BCUT2D eigenvalue weighted by Gasteiger charge is 2.40. The van der Waals surface area contributed by atoms with Crippen molar-refractivity contribution in [2.75, 3.05) is 37.4 Å². The molecule has 31 heavy (non-hydrogen) atoms. The first-order chi connectivity index (χ1) is 15.1. The number of hydrogen-bond acceptors (Lipinski definition) is 8. The van der Waals surface area contributed by atoms with Gasteiger partial charge in [0.05, 0.1) is 30.6 Å². The lowest BCUT2D eigenvalue weighted by molar-refractivity contribution is -0.135. The minimum Gasteiger partial charge on any atom is -0.382 e. The lowest BCUT2D eigenvalue weighted by atomic mass is 9.93. The van der Waals surface area contributed by atoms with Crippen LogP contribution in [-0.2, 0) is 4.74 Å². The summed E-state index contributed by atoms with van der Waals surface area (Å²) in [6.07, 6.45) is 7.60. The fraction of sp³-hybridized carbons (Fsp3) is 0.429. The van der Waals surface area contributed by atoms with Gasteiger partial charge in [0.25, 0.3) is 0 Å². The molecular weight excluding hydrogens is 394 g/mol. The molecule has 0 bridgehead atoms. The van der Waals surface area contributed by atoms with E-state index in [1.54, 1.807) is 15.2 Å². The van der Waals surface area contributed by atoms with Crippen molar-refractivity contribution in [1.29, 1.82) is 0 Å². The molecule has 0 spiro atoms. The lowest BCUT2D eigenvalue weighted by Crippen LogP contribution is -2.62. The van der Waals surface area contributed by atoms with E-state index in [1.165, 1.54) is 0 Å². The van der Waals surface area contributed by atoms with Crippen molar-refractivity contribution in [2.24, 2.45) is 0 Å². The second-order valence-corrected chi connectivity index (χ2v) is 8.69. The number of nitrogens with two attached hydrogens (primary N) is 1. The molecule has 2 saturated heterocycles.